The molecule has 26 heavy (non-hydrogen) atoms. The van der Waals surface area contributed by atoms with Crippen molar-refractivity contribution in [2.24, 2.45) is 0 Å². The molecule has 1 rings (SSSR count). The summed E-state index contributed by atoms with van der Waals surface area (Å²) >= 11 is 0. The maximum atomic E-state index is 12.3. The van der Waals surface area contributed by atoms with Gasteiger partial charge >= 0.3 is 6.09 Å². The van der Waals surface area contributed by atoms with Crippen LogP contribution in [0.25, 0.3) is 0 Å². The maximum absolute atomic E-state index is 12.3. The lowest BCUT2D eigenvalue weighted by Gasteiger charge is -2.33. The molecule has 0 saturated heterocycles. The van der Waals surface area contributed by atoms with Crippen LogP contribution in [0, 0.1) is 0 Å². The van der Waals surface area contributed by atoms with Gasteiger partial charge in [0.15, 0.2) is 0 Å². The second kappa shape index (κ2) is 8.17. The highest BCUT2D eigenvalue weighted by atomic mass is 16.6. The van der Waals surface area contributed by atoms with Crippen molar-refractivity contribution in [1.82, 2.24) is 9.96 Å². The molecule has 0 bridgehead atoms. The molecule has 4 unspecified atom stereocenters. The predicted octanol–water partition coefficient (Wildman–Crippen LogP) is -1.41. The van der Waals surface area contributed by atoms with E-state index in [1.165, 1.54) is 7.05 Å². The summed E-state index contributed by atoms with van der Waals surface area (Å²) in [6, 6.07) is 0. The molecule has 10 nitrogen and oxygen atoms in total. The number of rotatable bonds is 7. The third-order valence-electron chi connectivity index (χ3n) is 4.41. The van der Waals surface area contributed by atoms with Crippen LogP contribution >= 0.6 is 0 Å². The molecule has 0 aromatic rings. The van der Waals surface area contributed by atoms with Crippen molar-refractivity contribution in [3.05, 3.63) is 11.8 Å². The van der Waals surface area contributed by atoms with Crippen LogP contribution in [0.3, 0.4) is 0 Å². The number of ether oxygens (including phenoxy) is 1. The summed E-state index contributed by atoms with van der Waals surface area (Å²) in [6.07, 6.45) is -6.12. The van der Waals surface area contributed by atoms with Crippen LogP contribution in [-0.2, 0) is 9.94 Å². The molecule has 151 valence electrons. The Morgan fingerprint density at radius 1 is 1.15 bits per heavy atom. The first kappa shape index (κ1) is 22.8. The van der Waals surface area contributed by atoms with E-state index in [9.17, 15) is 30.4 Å². The lowest BCUT2D eigenvalue weighted by atomic mass is 10.0. The number of aliphatic hydroxyl groups excluding tert-OH is 5. The number of carbonyl (C=O) groups excluding carboxylic acids is 1. The van der Waals surface area contributed by atoms with Crippen LogP contribution < -0.4 is 0 Å². The minimum absolute atomic E-state index is 0.167. The molecule has 1 aliphatic rings. The molecule has 0 aromatic carbocycles. The highest BCUT2D eigenvalue weighted by Gasteiger charge is 2.49. The summed E-state index contributed by atoms with van der Waals surface area (Å²) in [7, 11) is 1.30. The summed E-state index contributed by atoms with van der Waals surface area (Å²) in [5.74, 6) is 0.167. The van der Waals surface area contributed by atoms with Crippen molar-refractivity contribution in [2.45, 2.75) is 63.2 Å². The summed E-state index contributed by atoms with van der Waals surface area (Å²) in [5.41, 5.74) is -1.91. The van der Waals surface area contributed by atoms with Gasteiger partial charge in [0, 0.05) is 7.05 Å². The Hall–Kier alpha value is -1.27. The summed E-state index contributed by atoms with van der Waals surface area (Å²) in [5, 5.41) is 60.4. The standard InChI is InChI=1S/C16H29N2O8/c1-15(2)6-11(16(3,4)18(15)25)26-14(24)17(5)7-9(20)12(22)13(23)10(21)8-19/h6,9-10,12-13,19-23H,7-8H2,1-5H3. The molecule has 0 fully saturated rings. The lowest BCUT2D eigenvalue weighted by Crippen LogP contribution is -2.50. The van der Waals surface area contributed by atoms with Gasteiger partial charge in [0.25, 0.3) is 0 Å². The van der Waals surface area contributed by atoms with Crippen LogP contribution in [0.1, 0.15) is 27.7 Å². The maximum Gasteiger partial charge on any atom is 0.414 e. The fourth-order valence-electron chi connectivity index (χ4n) is 2.73. The second-order valence-corrected chi connectivity index (χ2v) is 7.56. The van der Waals surface area contributed by atoms with Gasteiger partial charge in [-0.3, -0.25) is 0 Å². The number of amides is 1. The van der Waals surface area contributed by atoms with Gasteiger partial charge < -0.3 is 35.2 Å². The normalized spacial score (nSPS) is 23.7. The Balaban J connectivity index is 2.71. The molecule has 0 saturated carbocycles. The van der Waals surface area contributed by atoms with Gasteiger partial charge in [0.1, 0.15) is 35.7 Å². The zero-order valence-corrected chi connectivity index (χ0v) is 15.7. The van der Waals surface area contributed by atoms with E-state index in [1.807, 2.05) is 0 Å². The number of aliphatic hydroxyl groups is 5. The van der Waals surface area contributed by atoms with Crippen molar-refractivity contribution in [3.8, 4) is 0 Å². The smallest absolute Gasteiger partial charge is 0.413 e. The topological polar surface area (TPSA) is 154 Å². The summed E-state index contributed by atoms with van der Waals surface area (Å²) in [6.45, 7) is 5.37. The molecule has 0 aliphatic carbocycles. The Morgan fingerprint density at radius 3 is 2.08 bits per heavy atom. The average molecular weight is 377 g/mol. The fraction of sp³-hybridized carbons (Fsp3) is 0.812. The zero-order valence-electron chi connectivity index (χ0n) is 15.7. The fourth-order valence-corrected chi connectivity index (χ4v) is 2.73. The Kier molecular flexibility index (Phi) is 7.16. The van der Waals surface area contributed by atoms with E-state index in [0.29, 0.717) is 0 Å². The van der Waals surface area contributed by atoms with Crippen LogP contribution in [0.5, 0.6) is 0 Å². The third-order valence-corrected chi connectivity index (χ3v) is 4.41. The molecule has 1 aliphatic heterocycles. The van der Waals surface area contributed by atoms with Crippen LogP contribution in [0.2, 0.25) is 0 Å². The number of hydrogen-bond donors (Lipinski definition) is 5. The highest BCUT2D eigenvalue weighted by molar-refractivity contribution is 5.69. The molecule has 5 N–H and O–H groups in total. The molecular formula is C16H29N2O8. The first-order chi connectivity index (χ1) is 11.8. The molecule has 10 heteroatoms. The molecular weight excluding hydrogens is 348 g/mol. The van der Waals surface area contributed by atoms with Gasteiger partial charge in [-0.1, -0.05) is 0 Å². The molecule has 0 spiro atoms. The van der Waals surface area contributed by atoms with Gasteiger partial charge in [0.2, 0.25) is 0 Å². The zero-order chi connectivity index (χ0) is 20.4. The molecule has 1 amide bonds. The molecule has 1 heterocycles. The SMILES string of the molecule is CN(CC(O)C(O)C(O)C(O)CO)C(=O)OC1=CC(C)(C)N([O])C1(C)C. The van der Waals surface area contributed by atoms with Crippen molar-refractivity contribution < 1.29 is 40.3 Å². The largest absolute Gasteiger partial charge is 0.414 e. The van der Waals surface area contributed by atoms with E-state index < -0.39 is 54.7 Å². The number of nitrogens with zero attached hydrogens (tertiary/aromatic N) is 2. The van der Waals surface area contributed by atoms with Gasteiger partial charge in [0.05, 0.1) is 18.7 Å². The minimum Gasteiger partial charge on any atom is -0.413 e. The molecule has 1 radical (unpaired) electrons. The molecule has 4 atom stereocenters. The molecule has 0 aromatic heterocycles. The van der Waals surface area contributed by atoms with E-state index >= 15 is 0 Å². The number of hydrogen-bond acceptors (Lipinski definition) is 8. The first-order valence-electron chi connectivity index (χ1n) is 8.22. The summed E-state index contributed by atoms with van der Waals surface area (Å²) < 4.78 is 5.27. The predicted molar refractivity (Wildman–Crippen MR) is 89.0 cm³/mol. The van der Waals surface area contributed by atoms with Gasteiger partial charge in [-0.05, 0) is 33.8 Å². The monoisotopic (exact) mass is 377 g/mol. The van der Waals surface area contributed by atoms with Crippen LogP contribution in [-0.4, -0.2) is 97.3 Å². The summed E-state index contributed by atoms with van der Waals surface area (Å²) in [4.78, 5) is 13.2. The van der Waals surface area contributed by atoms with Crippen molar-refractivity contribution >= 4 is 6.09 Å². The van der Waals surface area contributed by atoms with Crippen molar-refractivity contribution in [1.29, 1.82) is 0 Å². The Morgan fingerprint density at radius 2 is 1.65 bits per heavy atom. The van der Waals surface area contributed by atoms with E-state index in [-0.39, 0.29) is 5.76 Å². The van der Waals surface area contributed by atoms with Gasteiger partial charge in [-0.15, -0.1) is 10.3 Å². The van der Waals surface area contributed by atoms with Crippen LogP contribution in [0.15, 0.2) is 11.8 Å². The minimum atomic E-state index is -1.79. The third kappa shape index (κ3) is 4.71. The van der Waals surface area contributed by atoms with Crippen molar-refractivity contribution in [2.75, 3.05) is 20.2 Å². The number of hydroxylamine groups is 2. The number of carbonyl (C=O) groups is 1. The van der Waals surface area contributed by atoms with Crippen molar-refractivity contribution in [3.63, 3.8) is 0 Å². The second-order valence-electron chi connectivity index (χ2n) is 7.56. The number of likely N-dealkylation sites (N-methyl/N-ethyl adjacent to an activating group) is 1. The van der Waals surface area contributed by atoms with E-state index in [0.717, 1.165) is 9.96 Å². The Labute approximate surface area is 152 Å². The quantitative estimate of drug-likeness (QED) is 0.363. The van der Waals surface area contributed by atoms with E-state index in [2.05, 4.69) is 0 Å². The van der Waals surface area contributed by atoms with Gasteiger partial charge in [-0.2, -0.15) is 0 Å². The van der Waals surface area contributed by atoms with Gasteiger partial charge in [-0.25, -0.2) is 4.79 Å². The Bertz CT molecular complexity index is 536. The highest BCUT2D eigenvalue weighted by Crippen LogP contribution is 2.39. The first-order valence-corrected chi connectivity index (χ1v) is 8.22. The van der Waals surface area contributed by atoms with E-state index in [4.69, 9.17) is 9.84 Å². The van der Waals surface area contributed by atoms with E-state index in [1.54, 1.807) is 33.8 Å². The average Bonchev–Trinajstić information content (AvgIpc) is 2.71. The van der Waals surface area contributed by atoms with Crippen LogP contribution in [0.4, 0.5) is 4.79 Å². The lowest BCUT2D eigenvalue weighted by molar-refractivity contribution is -0.242.